The molecule has 14 aromatic rings. The van der Waals surface area contributed by atoms with E-state index in [-0.39, 0.29) is 0 Å². The van der Waals surface area contributed by atoms with Gasteiger partial charge in [-0.1, -0.05) is 424 Å². The van der Waals surface area contributed by atoms with E-state index in [1.165, 1.54) is 164 Å². The highest BCUT2D eigenvalue weighted by molar-refractivity contribution is 5.77. The highest BCUT2D eigenvalue weighted by Crippen LogP contribution is 2.73. The first-order valence-electron chi connectivity index (χ1n) is 53.6. The Balaban J connectivity index is 0.000000117. The van der Waals surface area contributed by atoms with Gasteiger partial charge in [-0.3, -0.25) is 0 Å². The lowest BCUT2D eigenvalue weighted by Gasteiger charge is -2.26. The van der Waals surface area contributed by atoms with E-state index in [4.69, 9.17) is 0 Å². The molecule has 0 heteroatoms. The zero-order valence-corrected chi connectivity index (χ0v) is 89.5. The van der Waals surface area contributed by atoms with E-state index in [1.54, 1.807) is 111 Å². The molecule has 0 saturated heterocycles. The molecule has 0 aliphatic heterocycles. The first-order valence-corrected chi connectivity index (χ1v) is 53.6. The maximum Gasteiger partial charge on any atom is 0.0124 e. The summed E-state index contributed by atoms with van der Waals surface area (Å²) in [7, 11) is 0. The molecule has 0 aromatic heterocycles. The quantitative estimate of drug-likeness (QED) is 0.149. The van der Waals surface area contributed by atoms with Crippen molar-refractivity contribution in [1.29, 1.82) is 0 Å². The van der Waals surface area contributed by atoms with Gasteiger partial charge in [-0.2, -0.15) is 0 Å². The van der Waals surface area contributed by atoms with E-state index in [2.05, 4.69) is 471 Å². The Bertz CT molecular complexity index is 6330. The van der Waals surface area contributed by atoms with Gasteiger partial charge in [0.05, 0.1) is 0 Å². The lowest BCUT2D eigenvalue weighted by molar-refractivity contribution is 0.540. The number of hydrogen-bond acceptors (Lipinski definition) is 0. The van der Waals surface area contributed by atoms with Crippen LogP contribution in [0.15, 0.2) is 279 Å². The van der Waals surface area contributed by atoms with Gasteiger partial charge in [0.15, 0.2) is 0 Å². The van der Waals surface area contributed by atoms with Crippen LogP contribution in [-0.2, 0) is 64.2 Å². The normalized spacial score (nSPS) is 16.8. The monoisotopic (exact) mass is 1830 g/mol. The van der Waals surface area contributed by atoms with Crippen LogP contribution in [0.4, 0.5) is 0 Å². The Labute approximate surface area is 841 Å². The number of aryl methyl sites for hydroxylation is 18. The molecule has 0 radical (unpaired) electrons. The topological polar surface area (TPSA) is 0 Å². The molecule has 8 aliphatic rings. The molecular formula is C139H162. The Morgan fingerprint density at radius 2 is 0.417 bits per heavy atom. The molecule has 1 saturated carbocycles. The fourth-order valence-corrected chi connectivity index (χ4v) is 26.2. The highest BCUT2D eigenvalue weighted by atomic mass is 14.6. The standard InChI is InChI=1S/C22H28.C21H24.3C20H24.C18H20.C18H18/c1-13(2)22-20-11-16(5)14(3)9-18(20)7-8-19-10-15(4)17(6)12-21(19)22;1-13(2)18-14-9-5-7-11-16(14)19-20(21(19,3)4)17-12-8-6-10-15(17)18;1-13(2)20-18-9-5-14(3)11-16(18)7-8-17-12-15(4)6-10-19(17)20;1-13(2)20-18-11-14(3)5-7-16(18)9-10-17-8-6-15(4)12-19(17)20;1-13(2)20-18-9-5-7-14(3)16(18)11-12-17-15(4)8-6-10-19(17)20;2*1-13(2)18-16-9-5-3-7-14(16)11-12-15-8-4-6-10-17(15)18/h9-13,22H,7-8H2,1-6H3;5-13,18-20H,1-4H3;5-6,9-13,20H,7-8H2,1-4H3;5-8,11-13,20H,9-10H2,1-4H3;5-10,13,20H,11-12H2,1-4H3;3-10,13,18H,11-12H2,1-2H3;3-13,18H,1-2H3. The van der Waals surface area contributed by atoms with Crippen LogP contribution in [0.5, 0.6) is 0 Å². The summed E-state index contributed by atoms with van der Waals surface area (Å²) in [5.74, 6) is 9.55. The van der Waals surface area contributed by atoms with E-state index in [9.17, 15) is 0 Å². The van der Waals surface area contributed by atoms with Crippen molar-refractivity contribution in [3.63, 3.8) is 0 Å². The molecule has 8 aliphatic carbocycles. The molecule has 0 N–H and O–H groups in total. The van der Waals surface area contributed by atoms with Crippen molar-refractivity contribution < 1.29 is 0 Å². The molecule has 0 nitrogen and oxygen atoms in total. The third-order valence-electron chi connectivity index (χ3n) is 33.3. The molecule has 0 amide bonds. The molecule has 14 aromatic carbocycles. The van der Waals surface area contributed by atoms with Gasteiger partial charge < -0.3 is 0 Å². The van der Waals surface area contributed by atoms with Crippen molar-refractivity contribution in [2.45, 2.75) is 297 Å². The molecule has 0 bridgehead atoms. The molecular weight excluding hydrogens is 1670 g/mol. The third-order valence-corrected chi connectivity index (χ3v) is 33.3. The maximum atomic E-state index is 2.46. The van der Waals surface area contributed by atoms with Crippen molar-refractivity contribution in [2.75, 3.05) is 0 Å². The van der Waals surface area contributed by atoms with Crippen LogP contribution in [-0.4, -0.2) is 0 Å². The average molecular weight is 1830 g/mol. The van der Waals surface area contributed by atoms with Gasteiger partial charge in [0.1, 0.15) is 0 Å². The summed E-state index contributed by atoms with van der Waals surface area (Å²) in [6, 6.07) is 105. The van der Waals surface area contributed by atoms with Gasteiger partial charge in [-0.25, -0.2) is 0 Å². The van der Waals surface area contributed by atoms with Crippen molar-refractivity contribution in [2.24, 2.45) is 46.8 Å². The molecule has 718 valence electrons. The summed E-state index contributed by atoms with van der Waals surface area (Å²) in [5, 5.41) is 0. The Kier molecular flexibility index (Phi) is 31.5. The fourth-order valence-electron chi connectivity index (χ4n) is 26.2. The van der Waals surface area contributed by atoms with Crippen LogP contribution in [0.25, 0.3) is 12.2 Å². The van der Waals surface area contributed by atoms with Crippen LogP contribution in [0, 0.1) is 116 Å². The summed E-state index contributed by atoms with van der Waals surface area (Å²) in [4.78, 5) is 0. The molecule has 0 heterocycles. The Morgan fingerprint density at radius 1 is 0.180 bits per heavy atom. The summed E-state index contributed by atoms with van der Waals surface area (Å²) in [5.41, 5.74) is 57.6. The van der Waals surface area contributed by atoms with Crippen molar-refractivity contribution in [1.82, 2.24) is 0 Å². The molecule has 22 rings (SSSR count). The minimum atomic E-state index is 0.397. The highest BCUT2D eigenvalue weighted by Gasteiger charge is 2.61. The first kappa shape index (κ1) is 101. The van der Waals surface area contributed by atoms with Gasteiger partial charge in [-0.15, -0.1) is 0 Å². The Hall–Kier alpha value is -11.2. The van der Waals surface area contributed by atoms with Crippen molar-refractivity contribution in [3.8, 4) is 0 Å². The number of hydrogen-bond donors (Lipinski definition) is 0. The number of rotatable bonds is 7. The summed E-state index contributed by atoms with van der Waals surface area (Å²) in [6.45, 7) is 60.1. The number of fused-ring (bicyclic) bond motifs is 17. The Morgan fingerprint density at radius 3 is 0.777 bits per heavy atom. The van der Waals surface area contributed by atoms with E-state index in [1.807, 2.05) is 0 Å². The first-order chi connectivity index (χ1) is 66.7. The van der Waals surface area contributed by atoms with Gasteiger partial charge in [0, 0.05) is 41.4 Å². The van der Waals surface area contributed by atoms with Gasteiger partial charge in [0.25, 0.3) is 0 Å². The lowest BCUT2D eigenvalue weighted by atomic mass is 9.78. The maximum absolute atomic E-state index is 2.46. The smallest absolute Gasteiger partial charge is 0.0124 e. The predicted molar refractivity (Wildman–Crippen MR) is 600 cm³/mol. The molecule has 0 spiro atoms. The largest absolute Gasteiger partial charge is 0.0620 e. The van der Waals surface area contributed by atoms with Crippen LogP contribution in [0.1, 0.15) is 375 Å². The molecule has 2 atom stereocenters. The summed E-state index contributed by atoms with van der Waals surface area (Å²) >= 11 is 0. The molecule has 2 unspecified atom stereocenters. The van der Waals surface area contributed by atoms with E-state index in [0.29, 0.717) is 100 Å². The van der Waals surface area contributed by atoms with E-state index >= 15 is 0 Å². The zero-order valence-electron chi connectivity index (χ0n) is 89.5. The minimum Gasteiger partial charge on any atom is -0.0620 e. The second-order valence-electron chi connectivity index (χ2n) is 45.9. The van der Waals surface area contributed by atoms with Crippen LogP contribution >= 0.6 is 0 Å². The van der Waals surface area contributed by atoms with Crippen molar-refractivity contribution in [3.05, 3.63) is 490 Å². The fraction of sp³-hybridized carbons (Fsp3) is 0.381. The van der Waals surface area contributed by atoms with Gasteiger partial charge >= 0.3 is 0 Å². The molecule has 1 fully saturated rings. The zero-order chi connectivity index (χ0) is 98.7. The SMILES string of the molecule is CC(C)C1c2ccccc2C2C(c3ccccc31)C2(C)C.CC(C)C1c2ccccc2C=Cc2ccccc21.CC(C)C1c2ccccc2CCc2ccccc21.Cc1cc2c(cc1C)C(C(C)C)c1cc(C)c(C)cc1CC2.Cc1ccc2c(c1)C(C(C)C)c1cc(C)ccc1CC2.Cc1ccc2c(c1)CCc1cc(C)ccc1C2C(C)C.Cc1cccc2c1CCc1c(C)cccc1C2C(C)C. The van der Waals surface area contributed by atoms with E-state index < -0.39 is 0 Å². The third kappa shape index (κ3) is 21.5. The second kappa shape index (κ2) is 43.5. The average Bonchev–Trinajstić information content (AvgIpc) is 1.52. The van der Waals surface area contributed by atoms with Crippen molar-refractivity contribution >= 4 is 12.2 Å². The van der Waals surface area contributed by atoms with E-state index in [0.717, 1.165) is 0 Å². The second-order valence-corrected chi connectivity index (χ2v) is 45.9. The molecule has 139 heavy (non-hydrogen) atoms. The minimum absolute atomic E-state index is 0.397. The summed E-state index contributed by atoms with van der Waals surface area (Å²) < 4.78 is 0. The lowest BCUT2D eigenvalue weighted by Crippen LogP contribution is -2.13. The van der Waals surface area contributed by atoms with Gasteiger partial charge in [0.2, 0.25) is 0 Å². The summed E-state index contributed by atoms with van der Waals surface area (Å²) in [6.07, 6.45) is 16.3. The van der Waals surface area contributed by atoms with Gasteiger partial charge in [-0.05, 0) is 381 Å². The number of benzene rings is 14. The van der Waals surface area contributed by atoms with Crippen LogP contribution in [0.2, 0.25) is 0 Å². The van der Waals surface area contributed by atoms with Crippen LogP contribution < -0.4 is 0 Å². The predicted octanol–water partition coefficient (Wildman–Crippen LogP) is 36.6. The van der Waals surface area contributed by atoms with Crippen LogP contribution in [0.3, 0.4) is 0 Å².